The van der Waals surface area contributed by atoms with E-state index in [9.17, 15) is 0 Å². The van der Waals surface area contributed by atoms with Gasteiger partial charge >= 0.3 is 0 Å². The van der Waals surface area contributed by atoms with E-state index >= 15 is 0 Å². The van der Waals surface area contributed by atoms with Crippen LogP contribution in [0.2, 0.25) is 5.02 Å². The Morgan fingerprint density at radius 2 is 2.17 bits per heavy atom. The van der Waals surface area contributed by atoms with E-state index in [1.807, 2.05) is 31.3 Å². The van der Waals surface area contributed by atoms with Crippen LogP contribution in [0.3, 0.4) is 0 Å². The Hall–Kier alpha value is -2.28. The number of nitrogens with zero attached hydrogens (tertiary/aromatic N) is 4. The van der Waals surface area contributed by atoms with Gasteiger partial charge in [0.15, 0.2) is 5.96 Å². The standard InChI is InChI=1S/C16H23ClN6O/c1-4-12(24-14-8-6-5-7-13(14)17)9-19-16(18-2)20-10-15-21-11-22-23(15)3/h5-8,11-12H,4,9-10H2,1-3H3,(H2,18,19,20). The van der Waals surface area contributed by atoms with Gasteiger partial charge in [0.25, 0.3) is 0 Å². The highest BCUT2D eigenvalue weighted by Crippen LogP contribution is 2.24. The Kier molecular flexibility index (Phi) is 6.87. The minimum atomic E-state index is -0.0155. The molecule has 0 aliphatic rings. The topological polar surface area (TPSA) is 76.4 Å². The van der Waals surface area contributed by atoms with Gasteiger partial charge in [-0.1, -0.05) is 30.7 Å². The number of guanidine groups is 1. The van der Waals surface area contributed by atoms with Crippen molar-refractivity contribution in [1.82, 2.24) is 25.4 Å². The van der Waals surface area contributed by atoms with Gasteiger partial charge in [0.2, 0.25) is 0 Å². The number of ether oxygens (including phenoxy) is 1. The number of halogens is 1. The van der Waals surface area contributed by atoms with Crippen LogP contribution in [-0.2, 0) is 13.6 Å². The maximum atomic E-state index is 6.14. The fourth-order valence-corrected chi connectivity index (χ4v) is 2.24. The van der Waals surface area contributed by atoms with Gasteiger partial charge in [0, 0.05) is 14.1 Å². The highest BCUT2D eigenvalue weighted by Gasteiger charge is 2.11. The van der Waals surface area contributed by atoms with E-state index < -0.39 is 0 Å². The molecule has 2 aromatic rings. The monoisotopic (exact) mass is 350 g/mol. The lowest BCUT2D eigenvalue weighted by Gasteiger charge is -2.20. The smallest absolute Gasteiger partial charge is 0.191 e. The fraction of sp³-hybridized carbons (Fsp3) is 0.438. The van der Waals surface area contributed by atoms with E-state index in [0.717, 1.165) is 12.2 Å². The highest BCUT2D eigenvalue weighted by atomic mass is 35.5. The van der Waals surface area contributed by atoms with Crippen LogP contribution >= 0.6 is 11.6 Å². The molecule has 0 saturated carbocycles. The minimum absolute atomic E-state index is 0.0155. The van der Waals surface area contributed by atoms with Crippen LogP contribution in [0.1, 0.15) is 19.2 Å². The Labute approximate surface area is 147 Å². The molecular formula is C16H23ClN6O. The second kappa shape index (κ2) is 9.12. The SMILES string of the molecule is CCC(CNC(=NC)NCc1ncnn1C)Oc1ccccc1Cl. The van der Waals surface area contributed by atoms with Crippen LogP contribution in [-0.4, -0.2) is 40.4 Å². The Bertz CT molecular complexity index is 672. The lowest BCUT2D eigenvalue weighted by Crippen LogP contribution is -2.42. The molecule has 1 unspecified atom stereocenters. The third kappa shape index (κ3) is 5.13. The molecule has 0 aliphatic heterocycles. The summed E-state index contributed by atoms with van der Waals surface area (Å²) >= 11 is 6.14. The molecule has 0 radical (unpaired) electrons. The molecule has 8 heteroatoms. The summed E-state index contributed by atoms with van der Waals surface area (Å²) in [6.45, 7) is 3.22. The molecule has 130 valence electrons. The third-order valence-electron chi connectivity index (χ3n) is 3.53. The second-order valence-electron chi connectivity index (χ2n) is 5.19. The molecule has 2 N–H and O–H groups in total. The normalized spacial score (nSPS) is 12.8. The van der Waals surface area contributed by atoms with Crippen molar-refractivity contribution in [3.8, 4) is 5.75 Å². The van der Waals surface area contributed by atoms with Crippen molar-refractivity contribution in [2.45, 2.75) is 26.0 Å². The van der Waals surface area contributed by atoms with E-state index in [4.69, 9.17) is 16.3 Å². The van der Waals surface area contributed by atoms with Crippen LogP contribution < -0.4 is 15.4 Å². The van der Waals surface area contributed by atoms with E-state index in [2.05, 4.69) is 32.6 Å². The maximum absolute atomic E-state index is 6.14. The van der Waals surface area contributed by atoms with Crippen LogP contribution in [0, 0.1) is 0 Å². The van der Waals surface area contributed by atoms with Crippen LogP contribution in [0.25, 0.3) is 0 Å². The van der Waals surface area contributed by atoms with Gasteiger partial charge in [-0.25, -0.2) is 4.98 Å². The first kappa shape index (κ1) is 18.1. The quantitative estimate of drug-likeness (QED) is 0.590. The molecule has 2 rings (SSSR count). The summed E-state index contributed by atoms with van der Waals surface area (Å²) in [5.74, 6) is 2.20. The number of aliphatic imine (C=N–C) groups is 1. The van der Waals surface area contributed by atoms with E-state index in [1.165, 1.54) is 6.33 Å². The average Bonchev–Trinajstić information content (AvgIpc) is 3.00. The number of aromatic nitrogens is 3. The zero-order chi connectivity index (χ0) is 17.4. The van der Waals surface area contributed by atoms with E-state index in [-0.39, 0.29) is 6.10 Å². The molecule has 0 fully saturated rings. The molecule has 1 aromatic carbocycles. The van der Waals surface area contributed by atoms with Gasteiger partial charge in [0.05, 0.1) is 18.1 Å². The Balaban J connectivity index is 1.84. The van der Waals surface area contributed by atoms with Crippen LogP contribution in [0.4, 0.5) is 0 Å². The minimum Gasteiger partial charge on any atom is -0.487 e. The first-order chi connectivity index (χ1) is 11.6. The van der Waals surface area contributed by atoms with Gasteiger partial charge in [-0.3, -0.25) is 9.67 Å². The van der Waals surface area contributed by atoms with Gasteiger partial charge in [0.1, 0.15) is 24.0 Å². The number of rotatable bonds is 7. The first-order valence-corrected chi connectivity index (χ1v) is 8.20. The molecule has 1 aromatic heterocycles. The van der Waals surface area contributed by atoms with Crippen molar-refractivity contribution in [3.05, 3.63) is 41.4 Å². The van der Waals surface area contributed by atoms with Crippen molar-refractivity contribution in [3.63, 3.8) is 0 Å². The zero-order valence-corrected chi connectivity index (χ0v) is 14.9. The van der Waals surface area contributed by atoms with Crippen molar-refractivity contribution in [1.29, 1.82) is 0 Å². The lowest BCUT2D eigenvalue weighted by atomic mass is 10.2. The summed E-state index contributed by atoms with van der Waals surface area (Å²) in [4.78, 5) is 8.37. The summed E-state index contributed by atoms with van der Waals surface area (Å²) in [5.41, 5.74) is 0. The molecule has 0 aliphatic carbocycles. The summed E-state index contributed by atoms with van der Waals surface area (Å²) < 4.78 is 7.67. The maximum Gasteiger partial charge on any atom is 0.191 e. The van der Waals surface area contributed by atoms with Crippen molar-refractivity contribution in [2.75, 3.05) is 13.6 Å². The van der Waals surface area contributed by atoms with Crippen molar-refractivity contribution in [2.24, 2.45) is 12.0 Å². The summed E-state index contributed by atoms with van der Waals surface area (Å²) in [6.07, 6.45) is 2.36. The van der Waals surface area contributed by atoms with Gasteiger partial charge < -0.3 is 15.4 Å². The van der Waals surface area contributed by atoms with Gasteiger partial charge in [-0.2, -0.15) is 5.10 Å². The number of aryl methyl sites for hydroxylation is 1. The van der Waals surface area contributed by atoms with Crippen molar-refractivity contribution >= 4 is 17.6 Å². The summed E-state index contributed by atoms with van der Waals surface area (Å²) in [5, 5.41) is 11.1. The number of benzene rings is 1. The zero-order valence-electron chi connectivity index (χ0n) is 14.2. The molecule has 0 amide bonds. The predicted octanol–water partition coefficient (Wildman–Crippen LogP) is 1.99. The molecule has 24 heavy (non-hydrogen) atoms. The Morgan fingerprint density at radius 1 is 1.38 bits per heavy atom. The highest BCUT2D eigenvalue weighted by molar-refractivity contribution is 6.32. The molecule has 0 saturated heterocycles. The summed E-state index contributed by atoms with van der Waals surface area (Å²) in [7, 11) is 3.58. The lowest BCUT2D eigenvalue weighted by molar-refractivity contribution is 0.199. The van der Waals surface area contributed by atoms with Gasteiger partial charge in [-0.05, 0) is 18.6 Å². The second-order valence-corrected chi connectivity index (χ2v) is 5.59. The largest absolute Gasteiger partial charge is 0.487 e. The predicted molar refractivity (Wildman–Crippen MR) is 95.4 cm³/mol. The Morgan fingerprint density at radius 3 is 2.79 bits per heavy atom. The first-order valence-electron chi connectivity index (χ1n) is 7.82. The molecule has 1 atom stereocenters. The number of hydrogen-bond donors (Lipinski definition) is 2. The van der Waals surface area contributed by atoms with E-state index in [1.54, 1.807) is 11.7 Å². The third-order valence-corrected chi connectivity index (χ3v) is 3.84. The van der Waals surface area contributed by atoms with Crippen molar-refractivity contribution < 1.29 is 4.74 Å². The molecule has 0 spiro atoms. The van der Waals surface area contributed by atoms with Gasteiger partial charge in [-0.15, -0.1) is 0 Å². The molecule has 0 bridgehead atoms. The van der Waals surface area contributed by atoms with Crippen LogP contribution in [0.15, 0.2) is 35.6 Å². The molecular weight excluding hydrogens is 328 g/mol. The molecule has 1 heterocycles. The average molecular weight is 351 g/mol. The number of hydrogen-bond acceptors (Lipinski definition) is 4. The fourth-order valence-electron chi connectivity index (χ4n) is 2.06. The summed E-state index contributed by atoms with van der Waals surface area (Å²) in [6, 6.07) is 7.47. The number of para-hydroxylation sites is 1. The number of nitrogens with one attached hydrogen (secondary N) is 2. The molecule has 7 nitrogen and oxygen atoms in total. The van der Waals surface area contributed by atoms with Crippen LogP contribution in [0.5, 0.6) is 5.75 Å². The van der Waals surface area contributed by atoms with E-state index in [0.29, 0.717) is 29.8 Å².